The van der Waals surface area contributed by atoms with Gasteiger partial charge in [0.05, 0.1) is 5.02 Å². The van der Waals surface area contributed by atoms with E-state index in [0.29, 0.717) is 12.0 Å². The first-order valence-corrected chi connectivity index (χ1v) is 4.47. The predicted octanol–water partition coefficient (Wildman–Crippen LogP) is 3.00. The fourth-order valence-corrected chi connectivity index (χ4v) is 1.22. The van der Waals surface area contributed by atoms with E-state index in [4.69, 9.17) is 11.6 Å². The van der Waals surface area contributed by atoms with Crippen molar-refractivity contribution in [2.75, 3.05) is 0 Å². The van der Waals surface area contributed by atoms with Gasteiger partial charge in [-0.15, -0.1) is 0 Å². The van der Waals surface area contributed by atoms with E-state index in [-0.39, 0.29) is 17.2 Å². The number of hydrogen-bond acceptors (Lipinski definition) is 1. The van der Waals surface area contributed by atoms with Crippen molar-refractivity contribution in [3.63, 3.8) is 0 Å². The highest BCUT2D eigenvalue weighted by molar-refractivity contribution is 6.30. The first-order valence-electron chi connectivity index (χ1n) is 4.09. The molecule has 13 heavy (non-hydrogen) atoms. The highest BCUT2D eigenvalue weighted by Crippen LogP contribution is 2.18. The van der Waals surface area contributed by atoms with Crippen molar-refractivity contribution in [3.8, 4) is 0 Å². The van der Waals surface area contributed by atoms with Crippen LogP contribution in [-0.2, 0) is 11.2 Å². The molecule has 0 aliphatic carbocycles. The van der Waals surface area contributed by atoms with Crippen molar-refractivity contribution >= 4 is 17.4 Å². The van der Waals surface area contributed by atoms with Gasteiger partial charge in [-0.1, -0.05) is 30.7 Å². The number of benzene rings is 1. The molecule has 0 amide bonds. The molecule has 70 valence electrons. The molecule has 0 atom stereocenters. The molecule has 1 aromatic rings. The Morgan fingerprint density at radius 1 is 1.54 bits per heavy atom. The van der Waals surface area contributed by atoms with Crippen LogP contribution >= 0.6 is 11.6 Å². The van der Waals surface area contributed by atoms with E-state index < -0.39 is 5.82 Å². The van der Waals surface area contributed by atoms with Gasteiger partial charge in [0.1, 0.15) is 11.6 Å². The predicted molar refractivity (Wildman–Crippen MR) is 50.4 cm³/mol. The Hall–Kier alpha value is -0.890. The molecular formula is C10H10ClFO. The van der Waals surface area contributed by atoms with E-state index in [1.54, 1.807) is 19.1 Å². The van der Waals surface area contributed by atoms with Crippen LogP contribution in [0.2, 0.25) is 5.02 Å². The molecule has 0 fully saturated rings. The van der Waals surface area contributed by atoms with Gasteiger partial charge >= 0.3 is 0 Å². The van der Waals surface area contributed by atoms with Gasteiger partial charge in [-0.05, 0) is 11.6 Å². The van der Waals surface area contributed by atoms with Crippen LogP contribution in [0.4, 0.5) is 4.39 Å². The zero-order valence-corrected chi connectivity index (χ0v) is 8.07. The lowest BCUT2D eigenvalue weighted by Crippen LogP contribution is -2.02. The maximum absolute atomic E-state index is 13.2. The first-order chi connectivity index (χ1) is 6.15. The van der Waals surface area contributed by atoms with Crippen LogP contribution in [0.3, 0.4) is 0 Å². The quantitative estimate of drug-likeness (QED) is 0.733. The highest BCUT2D eigenvalue weighted by atomic mass is 35.5. The molecule has 0 aliphatic rings. The summed E-state index contributed by atoms with van der Waals surface area (Å²) in [5, 5.41) is 0.0707. The number of carbonyl (C=O) groups excluding carboxylic acids is 1. The summed E-state index contributed by atoms with van der Waals surface area (Å²) < 4.78 is 13.2. The lowest BCUT2D eigenvalue weighted by molar-refractivity contribution is -0.118. The van der Waals surface area contributed by atoms with Crippen LogP contribution < -0.4 is 0 Å². The lowest BCUT2D eigenvalue weighted by Gasteiger charge is -2.01. The van der Waals surface area contributed by atoms with Crippen LogP contribution in [0.15, 0.2) is 18.2 Å². The van der Waals surface area contributed by atoms with Crippen molar-refractivity contribution < 1.29 is 9.18 Å². The maximum Gasteiger partial charge on any atom is 0.145 e. The first kappa shape index (κ1) is 10.2. The van der Waals surface area contributed by atoms with Gasteiger partial charge in [0.15, 0.2) is 0 Å². The smallest absolute Gasteiger partial charge is 0.145 e. The summed E-state index contributed by atoms with van der Waals surface area (Å²) in [7, 11) is 0. The molecule has 0 N–H and O–H groups in total. The van der Waals surface area contributed by atoms with Crippen LogP contribution in [0.5, 0.6) is 0 Å². The number of ketones is 1. The van der Waals surface area contributed by atoms with Crippen molar-refractivity contribution in [3.05, 3.63) is 34.6 Å². The Bertz CT molecular complexity index is 323. The molecule has 0 aliphatic heterocycles. The van der Waals surface area contributed by atoms with Gasteiger partial charge in [-0.25, -0.2) is 4.39 Å². The number of rotatable bonds is 3. The Balaban J connectivity index is 2.89. The zero-order chi connectivity index (χ0) is 9.84. The molecule has 0 heterocycles. The van der Waals surface area contributed by atoms with E-state index in [9.17, 15) is 9.18 Å². The third-order valence-corrected chi connectivity index (χ3v) is 2.11. The zero-order valence-electron chi connectivity index (χ0n) is 7.31. The van der Waals surface area contributed by atoms with Crippen molar-refractivity contribution in [1.29, 1.82) is 0 Å². The normalized spacial score (nSPS) is 10.1. The van der Waals surface area contributed by atoms with Gasteiger partial charge in [0, 0.05) is 12.8 Å². The van der Waals surface area contributed by atoms with E-state index >= 15 is 0 Å². The summed E-state index contributed by atoms with van der Waals surface area (Å²) >= 11 is 5.55. The number of Topliss-reactive ketones (excluding diaryl/α,β-unsaturated/α-hetero) is 1. The van der Waals surface area contributed by atoms with E-state index in [1.165, 1.54) is 6.07 Å². The fraction of sp³-hybridized carbons (Fsp3) is 0.300. The third-order valence-electron chi connectivity index (χ3n) is 1.81. The minimum Gasteiger partial charge on any atom is -0.299 e. The fourth-order valence-electron chi connectivity index (χ4n) is 1.02. The van der Waals surface area contributed by atoms with Crippen molar-refractivity contribution in [1.82, 2.24) is 0 Å². The number of halogens is 2. The molecule has 0 spiro atoms. The average molecular weight is 201 g/mol. The summed E-state index contributed by atoms with van der Waals surface area (Å²) in [6.45, 7) is 1.75. The van der Waals surface area contributed by atoms with Gasteiger partial charge < -0.3 is 0 Å². The molecular weight excluding hydrogens is 191 g/mol. The van der Waals surface area contributed by atoms with E-state index in [0.717, 1.165) is 0 Å². The Labute approximate surface area is 81.5 Å². The Morgan fingerprint density at radius 3 is 2.85 bits per heavy atom. The standard InChI is InChI=1S/C10H10ClFO/c1-2-8(13)6-7-4-3-5-9(11)10(7)12/h3-5H,2,6H2,1H3. The van der Waals surface area contributed by atoms with Crippen molar-refractivity contribution in [2.24, 2.45) is 0 Å². The lowest BCUT2D eigenvalue weighted by atomic mass is 10.1. The van der Waals surface area contributed by atoms with Gasteiger partial charge in [0.25, 0.3) is 0 Å². The molecule has 0 bridgehead atoms. The number of hydrogen-bond donors (Lipinski definition) is 0. The molecule has 0 aromatic heterocycles. The van der Waals surface area contributed by atoms with Crippen LogP contribution in [0.25, 0.3) is 0 Å². The summed E-state index contributed by atoms with van der Waals surface area (Å²) in [5.41, 5.74) is 0.374. The second-order valence-corrected chi connectivity index (χ2v) is 3.19. The molecule has 0 radical (unpaired) electrons. The Morgan fingerprint density at radius 2 is 2.23 bits per heavy atom. The summed E-state index contributed by atoms with van der Waals surface area (Å²) in [5.74, 6) is -0.466. The highest BCUT2D eigenvalue weighted by Gasteiger charge is 2.08. The van der Waals surface area contributed by atoms with Crippen LogP contribution in [0.1, 0.15) is 18.9 Å². The summed E-state index contributed by atoms with van der Waals surface area (Å²) in [6.07, 6.45) is 0.550. The third kappa shape index (κ3) is 2.52. The second-order valence-electron chi connectivity index (χ2n) is 2.78. The largest absolute Gasteiger partial charge is 0.299 e. The van der Waals surface area contributed by atoms with Crippen LogP contribution in [0, 0.1) is 5.82 Å². The monoisotopic (exact) mass is 200 g/mol. The maximum atomic E-state index is 13.2. The average Bonchev–Trinajstić information content (AvgIpc) is 2.13. The van der Waals surface area contributed by atoms with Gasteiger partial charge in [-0.2, -0.15) is 0 Å². The van der Waals surface area contributed by atoms with Gasteiger partial charge in [0.2, 0.25) is 0 Å². The van der Waals surface area contributed by atoms with Crippen molar-refractivity contribution in [2.45, 2.75) is 19.8 Å². The molecule has 0 unspecified atom stereocenters. The molecule has 1 aromatic carbocycles. The minimum absolute atomic E-state index is 0.0150. The summed E-state index contributed by atoms with van der Waals surface area (Å²) in [4.78, 5) is 11.0. The molecule has 1 nitrogen and oxygen atoms in total. The molecule has 0 saturated heterocycles. The molecule has 0 saturated carbocycles. The second kappa shape index (κ2) is 4.38. The molecule has 1 rings (SSSR count). The van der Waals surface area contributed by atoms with E-state index in [1.807, 2.05) is 0 Å². The topological polar surface area (TPSA) is 17.1 Å². The molecule has 3 heteroatoms. The SMILES string of the molecule is CCC(=O)Cc1cccc(Cl)c1F. The minimum atomic E-state index is -0.481. The summed E-state index contributed by atoms with van der Waals surface area (Å²) in [6, 6.07) is 4.69. The van der Waals surface area contributed by atoms with Crippen LogP contribution in [-0.4, -0.2) is 5.78 Å². The number of carbonyl (C=O) groups is 1. The Kier molecular flexibility index (Phi) is 3.43. The van der Waals surface area contributed by atoms with Gasteiger partial charge in [-0.3, -0.25) is 4.79 Å². The van der Waals surface area contributed by atoms with E-state index in [2.05, 4.69) is 0 Å².